The van der Waals surface area contributed by atoms with Crippen molar-refractivity contribution in [3.63, 3.8) is 0 Å². The Bertz CT molecular complexity index is 632. The Balaban J connectivity index is 1.72. The Kier molecular flexibility index (Phi) is 4.06. The van der Waals surface area contributed by atoms with E-state index in [2.05, 4.69) is 4.98 Å². The highest BCUT2D eigenvalue weighted by Gasteiger charge is 2.18. The maximum atomic E-state index is 12.0. The van der Waals surface area contributed by atoms with Crippen LogP contribution in [0, 0.1) is 0 Å². The number of ether oxygens (including phenoxy) is 1. The van der Waals surface area contributed by atoms with Crippen molar-refractivity contribution in [2.45, 2.75) is 19.3 Å². The number of likely N-dealkylation sites (tertiary alicyclic amines) is 1. The van der Waals surface area contributed by atoms with Gasteiger partial charge in [-0.05, 0) is 31.5 Å². The fourth-order valence-electron chi connectivity index (χ4n) is 2.62. The number of pyridine rings is 1. The van der Waals surface area contributed by atoms with Crippen LogP contribution in [0.2, 0.25) is 0 Å². The summed E-state index contributed by atoms with van der Waals surface area (Å²) in [6, 6.07) is 3.72. The molecular weight excluding hydrogens is 268 g/mol. The molecule has 2 aromatic rings. The molecule has 3 heterocycles. The van der Waals surface area contributed by atoms with Gasteiger partial charge in [0.15, 0.2) is 18.0 Å². The molecule has 0 atom stereocenters. The number of hydrogen-bond donors (Lipinski definition) is 1. The largest absolute Gasteiger partial charge is 0.480 e. The molecule has 6 heteroatoms. The number of amides is 1. The smallest absolute Gasteiger partial charge is 0.260 e. The van der Waals surface area contributed by atoms with Gasteiger partial charge in [-0.25, -0.2) is 4.98 Å². The summed E-state index contributed by atoms with van der Waals surface area (Å²) in [5.74, 6) is 0.677. The van der Waals surface area contributed by atoms with E-state index in [1.54, 1.807) is 0 Å². The van der Waals surface area contributed by atoms with E-state index in [1.165, 1.54) is 0 Å². The highest BCUT2D eigenvalue weighted by molar-refractivity contribution is 5.78. The van der Waals surface area contributed by atoms with Crippen LogP contribution in [0.3, 0.4) is 0 Å². The minimum absolute atomic E-state index is 0.0447. The van der Waals surface area contributed by atoms with E-state index in [1.807, 2.05) is 33.8 Å². The number of hydrogen-bond acceptors (Lipinski definition) is 4. The maximum absolute atomic E-state index is 12.0. The lowest BCUT2D eigenvalue weighted by molar-refractivity contribution is -0.132. The molecule has 1 aliphatic rings. The zero-order valence-corrected chi connectivity index (χ0v) is 12.0. The molecule has 0 bridgehead atoms. The summed E-state index contributed by atoms with van der Waals surface area (Å²) in [6.45, 7) is 2.32. The van der Waals surface area contributed by atoms with E-state index < -0.39 is 0 Å². The molecule has 1 aliphatic heterocycles. The number of nitrogens with zero attached hydrogens (tertiary/aromatic N) is 3. The zero-order chi connectivity index (χ0) is 14.7. The number of carbonyl (C=O) groups excluding carboxylic acids is 1. The van der Waals surface area contributed by atoms with Gasteiger partial charge >= 0.3 is 0 Å². The van der Waals surface area contributed by atoms with Crippen molar-refractivity contribution in [2.75, 3.05) is 26.2 Å². The molecule has 112 valence electrons. The Hall–Kier alpha value is -2.08. The third-order valence-corrected chi connectivity index (χ3v) is 3.71. The second kappa shape index (κ2) is 6.13. The van der Waals surface area contributed by atoms with Gasteiger partial charge in [0.05, 0.1) is 5.69 Å². The van der Waals surface area contributed by atoms with Crippen molar-refractivity contribution in [1.82, 2.24) is 14.3 Å². The molecule has 1 fully saturated rings. The third kappa shape index (κ3) is 3.00. The Morgan fingerprint density at radius 2 is 2.19 bits per heavy atom. The second-order valence-electron chi connectivity index (χ2n) is 5.25. The molecule has 1 saturated heterocycles. The minimum Gasteiger partial charge on any atom is -0.480 e. The first-order valence-corrected chi connectivity index (χ1v) is 7.35. The summed E-state index contributed by atoms with van der Waals surface area (Å²) in [4.78, 5) is 18.4. The summed E-state index contributed by atoms with van der Waals surface area (Å²) in [7, 11) is 0. The van der Waals surface area contributed by atoms with Crippen molar-refractivity contribution in [2.24, 2.45) is 5.73 Å². The molecule has 0 unspecified atom stereocenters. The number of aromatic nitrogens is 2. The molecule has 6 nitrogen and oxygen atoms in total. The summed E-state index contributed by atoms with van der Waals surface area (Å²) >= 11 is 0. The Morgan fingerprint density at radius 1 is 1.38 bits per heavy atom. The van der Waals surface area contributed by atoms with Gasteiger partial charge in [0.25, 0.3) is 5.91 Å². The summed E-state index contributed by atoms with van der Waals surface area (Å²) in [5, 5.41) is 0. The Morgan fingerprint density at radius 3 is 2.95 bits per heavy atom. The molecule has 3 rings (SSSR count). The van der Waals surface area contributed by atoms with Gasteiger partial charge in [0, 0.05) is 31.9 Å². The van der Waals surface area contributed by atoms with E-state index >= 15 is 0 Å². The quantitative estimate of drug-likeness (QED) is 0.884. The standard InChI is InChI=1S/C15H20N4O2/c16-6-5-12-10-19-9-3-4-13(15(19)17-12)21-11-14(20)18-7-1-2-8-18/h3-4,9-10H,1-2,5-8,11,16H2. The highest BCUT2D eigenvalue weighted by atomic mass is 16.5. The number of rotatable bonds is 5. The number of imidazole rings is 1. The monoisotopic (exact) mass is 288 g/mol. The van der Waals surface area contributed by atoms with Gasteiger partial charge in [0.2, 0.25) is 0 Å². The highest BCUT2D eigenvalue weighted by Crippen LogP contribution is 2.19. The third-order valence-electron chi connectivity index (χ3n) is 3.71. The summed E-state index contributed by atoms with van der Waals surface area (Å²) < 4.78 is 7.58. The van der Waals surface area contributed by atoms with E-state index in [0.717, 1.165) is 43.7 Å². The van der Waals surface area contributed by atoms with Crippen LogP contribution in [0.15, 0.2) is 24.5 Å². The predicted octanol–water partition coefficient (Wildman–Crippen LogP) is 0.837. The molecule has 21 heavy (non-hydrogen) atoms. The molecule has 0 spiro atoms. The van der Waals surface area contributed by atoms with Crippen LogP contribution in [-0.2, 0) is 11.2 Å². The second-order valence-corrected chi connectivity index (χ2v) is 5.25. The topological polar surface area (TPSA) is 72.9 Å². The molecule has 2 N–H and O–H groups in total. The Labute approximate surface area is 123 Å². The van der Waals surface area contributed by atoms with Gasteiger partial charge in [-0.1, -0.05) is 0 Å². The van der Waals surface area contributed by atoms with E-state index in [-0.39, 0.29) is 12.5 Å². The molecule has 0 aromatic carbocycles. The van der Waals surface area contributed by atoms with E-state index in [9.17, 15) is 4.79 Å². The van der Waals surface area contributed by atoms with E-state index in [0.29, 0.717) is 12.3 Å². The van der Waals surface area contributed by atoms with Crippen LogP contribution in [0.1, 0.15) is 18.5 Å². The SMILES string of the molecule is NCCc1cn2cccc(OCC(=O)N3CCCC3)c2n1. The number of fused-ring (bicyclic) bond motifs is 1. The van der Waals surface area contributed by atoms with Crippen LogP contribution in [0.5, 0.6) is 5.75 Å². The van der Waals surface area contributed by atoms with Crippen molar-refractivity contribution in [3.8, 4) is 5.75 Å². The first-order chi connectivity index (χ1) is 10.3. The maximum Gasteiger partial charge on any atom is 0.260 e. The van der Waals surface area contributed by atoms with Crippen molar-refractivity contribution in [1.29, 1.82) is 0 Å². The average molecular weight is 288 g/mol. The molecule has 0 radical (unpaired) electrons. The fraction of sp³-hybridized carbons (Fsp3) is 0.467. The number of nitrogens with two attached hydrogens (primary N) is 1. The molecular formula is C15H20N4O2. The molecule has 0 aliphatic carbocycles. The van der Waals surface area contributed by atoms with Gasteiger partial charge in [-0.3, -0.25) is 4.79 Å². The summed E-state index contributed by atoms with van der Waals surface area (Å²) in [6.07, 6.45) is 6.76. The molecule has 0 saturated carbocycles. The minimum atomic E-state index is 0.0447. The van der Waals surface area contributed by atoms with E-state index in [4.69, 9.17) is 10.5 Å². The van der Waals surface area contributed by atoms with Crippen LogP contribution >= 0.6 is 0 Å². The van der Waals surface area contributed by atoms with Crippen molar-refractivity contribution in [3.05, 3.63) is 30.2 Å². The number of carbonyl (C=O) groups is 1. The summed E-state index contributed by atoms with van der Waals surface area (Å²) in [5.41, 5.74) is 7.22. The predicted molar refractivity (Wildman–Crippen MR) is 79.3 cm³/mol. The van der Waals surface area contributed by atoms with Gasteiger partial charge in [-0.2, -0.15) is 0 Å². The van der Waals surface area contributed by atoms with Gasteiger partial charge in [0.1, 0.15) is 0 Å². The van der Waals surface area contributed by atoms with Gasteiger partial charge in [-0.15, -0.1) is 0 Å². The first-order valence-electron chi connectivity index (χ1n) is 7.35. The van der Waals surface area contributed by atoms with Crippen molar-refractivity contribution < 1.29 is 9.53 Å². The zero-order valence-electron chi connectivity index (χ0n) is 12.0. The van der Waals surface area contributed by atoms with Crippen LogP contribution < -0.4 is 10.5 Å². The van der Waals surface area contributed by atoms with Crippen LogP contribution in [0.4, 0.5) is 0 Å². The lowest BCUT2D eigenvalue weighted by Gasteiger charge is -2.15. The normalized spacial score (nSPS) is 14.8. The molecule has 2 aromatic heterocycles. The fourth-order valence-corrected chi connectivity index (χ4v) is 2.62. The first kappa shape index (κ1) is 13.9. The molecule has 1 amide bonds. The lowest BCUT2D eigenvalue weighted by Crippen LogP contribution is -2.32. The van der Waals surface area contributed by atoms with Crippen LogP contribution in [-0.4, -0.2) is 46.4 Å². The van der Waals surface area contributed by atoms with Crippen LogP contribution in [0.25, 0.3) is 5.65 Å². The van der Waals surface area contributed by atoms with Gasteiger partial charge < -0.3 is 19.8 Å². The van der Waals surface area contributed by atoms with Crippen molar-refractivity contribution >= 4 is 11.6 Å². The lowest BCUT2D eigenvalue weighted by atomic mass is 10.3. The average Bonchev–Trinajstić information content (AvgIpc) is 3.14.